The first-order chi connectivity index (χ1) is 62.2. The molecule has 9 aliphatic rings. The molecule has 127 heavy (non-hydrogen) atoms. The van der Waals surface area contributed by atoms with Gasteiger partial charge in [0, 0.05) is 213 Å². The molecule has 5 N–H and O–H groups in total. The van der Waals surface area contributed by atoms with E-state index in [1.165, 1.54) is 0 Å². The molecular weight excluding hydrogens is 1610 g/mol. The number of aromatic nitrogens is 6. The highest BCUT2D eigenvalue weighted by Gasteiger charge is 2.44. The van der Waals surface area contributed by atoms with Crippen molar-refractivity contribution in [2.75, 3.05) is 199 Å². The van der Waals surface area contributed by atoms with Crippen LogP contribution in [0, 0.1) is 34.0 Å². The van der Waals surface area contributed by atoms with E-state index >= 15 is 0 Å². The van der Waals surface area contributed by atoms with E-state index in [0.29, 0.717) is 72.6 Å². The number of benzene rings is 6. The highest BCUT2D eigenvalue weighted by atomic mass is 19.3. The third-order valence-corrected chi connectivity index (χ3v) is 26.3. The summed E-state index contributed by atoms with van der Waals surface area (Å²) in [6.45, 7) is 19.6. The van der Waals surface area contributed by atoms with Crippen LogP contribution in [0.1, 0.15) is 42.4 Å². The van der Waals surface area contributed by atoms with Gasteiger partial charge < -0.3 is 87.6 Å². The Morgan fingerprint density at radius 3 is 1.14 bits per heavy atom. The minimum atomic E-state index is -3.01. The fourth-order valence-corrected chi connectivity index (χ4v) is 18.8. The number of aliphatic hydroxyl groups is 1. The van der Waals surface area contributed by atoms with E-state index in [9.17, 15) is 29.7 Å². The Balaban J connectivity index is 0.000000124. The summed E-state index contributed by atoms with van der Waals surface area (Å²) in [4.78, 5) is 41.5. The first kappa shape index (κ1) is 84.1. The van der Waals surface area contributed by atoms with Crippen molar-refractivity contribution in [2.45, 2.75) is 68.0 Å². The van der Waals surface area contributed by atoms with Gasteiger partial charge in [-0.2, -0.15) is 15.8 Å². The molecule has 6 aromatic carbocycles. The van der Waals surface area contributed by atoms with Crippen molar-refractivity contribution < 1.29 is 56.5 Å². The number of halogens is 2. The van der Waals surface area contributed by atoms with Crippen molar-refractivity contribution in [3.8, 4) is 114 Å². The lowest BCUT2D eigenvalue weighted by Gasteiger charge is -2.43. The Labute approximate surface area is 735 Å². The number of aromatic amines is 3. The van der Waals surface area contributed by atoms with E-state index in [2.05, 4.69) is 144 Å². The Bertz CT molecular complexity index is 6100. The quantitative estimate of drug-likeness (QED) is 0.0474. The second-order valence-corrected chi connectivity index (χ2v) is 33.9. The lowest BCUT2D eigenvalue weighted by molar-refractivity contribution is -0.109. The molecule has 654 valence electrons. The summed E-state index contributed by atoms with van der Waals surface area (Å²) in [5.74, 6) is 0.286. The number of nitrogens with zero attached hydrogens (tertiary/aromatic N) is 13. The largest absolute Gasteiger partial charge is 0.495 e. The zero-order valence-electron chi connectivity index (χ0n) is 71.5. The van der Waals surface area contributed by atoms with Gasteiger partial charge in [0.15, 0.2) is 6.10 Å². The van der Waals surface area contributed by atoms with Crippen molar-refractivity contribution in [2.24, 2.45) is 0 Å². The number of β-amino-alcohol motifs (C(OH)–C–C–N with tert-alkyl or cyclic N) is 1. The third-order valence-electron chi connectivity index (χ3n) is 26.3. The van der Waals surface area contributed by atoms with E-state index in [0.717, 1.165) is 273 Å². The molecule has 0 bridgehead atoms. The molecule has 6 aromatic heterocycles. The highest BCUT2D eigenvalue weighted by Crippen LogP contribution is 2.44. The second kappa shape index (κ2) is 37.2. The van der Waals surface area contributed by atoms with Crippen LogP contribution in [0.3, 0.4) is 0 Å². The Morgan fingerprint density at radius 1 is 0.402 bits per heavy atom. The lowest BCUT2D eigenvalue weighted by Crippen LogP contribution is -2.56. The average Bonchev–Trinajstić information content (AvgIpc) is 1.69. The molecule has 9 aliphatic heterocycles. The van der Waals surface area contributed by atoms with Gasteiger partial charge in [-0.05, 0) is 134 Å². The summed E-state index contributed by atoms with van der Waals surface area (Å²) in [6, 6.07) is 56.4. The number of anilines is 4. The number of pyridine rings is 3. The van der Waals surface area contributed by atoms with Gasteiger partial charge in [-0.1, -0.05) is 24.3 Å². The van der Waals surface area contributed by atoms with Crippen molar-refractivity contribution in [3.05, 3.63) is 181 Å². The van der Waals surface area contributed by atoms with Crippen LogP contribution < -0.4 is 48.6 Å². The smallest absolute Gasteiger partial charge is 0.296 e. The molecule has 0 amide bonds. The standard InChI is InChI=1S/C33H34F2N6O3.C33H35N5O4.C32H34N6O3/c1-42-30-15-21(2-4-28(30)41-12-10-40(11-13-41)24-18-43-19-24)27-16-25-26(39-27)6-9-38-32(25)22-3-5-29(23(14-22)17-36)44-31-7-8-37-20-33(31,34)35;1-39-32-17-22(2-4-30(32)38-12-10-37(11-13-38)25-20-41-21-25)29-18-27-28(36-29)6-9-35-33(27)23-3-5-31(24(16-23)19-34)42-26-7-14-40-15-8-26;1-40-31-15-21(2-5-30(31)37-12-10-36(11-13-37)24-19-41-20-24)28-16-26-27(35-28)6-8-34-32(26)22-3-4-29(23(14-22)17-33)38-9-7-25(39)18-38/h2-6,9,14-16,24,31,37,39H,7-8,10-13,18-20H2,1H3;2-6,9,16-18,25-26,36H,7-8,10-15,20-21H2,1H3;2-6,8,14-16,24-25,35,39H,7,9-13,18-20H2,1H3/t;;25-/m..1/s1. The maximum absolute atomic E-state index is 14.4. The van der Waals surface area contributed by atoms with Gasteiger partial charge in [0.2, 0.25) is 0 Å². The van der Waals surface area contributed by atoms with Crippen LogP contribution in [0.25, 0.3) is 100 Å². The monoisotopic (exact) mass is 1720 g/mol. The van der Waals surface area contributed by atoms with Gasteiger partial charge >= 0.3 is 0 Å². The predicted octanol–water partition coefficient (Wildman–Crippen LogP) is 13.4. The van der Waals surface area contributed by atoms with Crippen LogP contribution in [0.2, 0.25) is 0 Å². The number of methoxy groups -OCH3 is 3. The summed E-state index contributed by atoms with van der Waals surface area (Å²) in [6.07, 6.45) is 6.29. The van der Waals surface area contributed by atoms with Gasteiger partial charge in [0.1, 0.15) is 53.1 Å². The molecule has 0 spiro atoms. The van der Waals surface area contributed by atoms with E-state index in [4.69, 9.17) is 52.6 Å². The number of piperazine rings is 3. The van der Waals surface area contributed by atoms with Crippen molar-refractivity contribution in [1.29, 1.82) is 15.8 Å². The number of alkyl halides is 2. The molecule has 0 saturated carbocycles. The summed E-state index contributed by atoms with van der Waals surface area (Å²) in [5, 5.41) is 45.2. The van der Waals surface area contributed by atoms with Crippen LogP contribution in [-0.4, -0.2) is 271 Å². The zero-order chi connectivity index (χ0) is 86.7. The van der Waals surface area contributed by atoms with E-state index < -0.39 is 18.6 Å². The van der Waals surface area contributed by atoms with E-state index in [-0.39, 0.29) is 29.9 Å². The molecule has 27 nitrogen and oxygen atoms in total. The fraction of sp³-hybridized carbons (Fsp3) is 0.388. The Hall–Kier alpha value is -12.4. The van der Waals surface area contributed by atoms with Crippen LogP contribution in [0.4, 0.5) is 31.5 Å². The molecule has 29 heteroatoms. The molecule has 0 aliphatic carbocycles. The number of fused-ring (bicyclic) bond motifs is 3. The zero-order valence-corrected chi connectivity index (χ0v) is 71.5. The molecular formula is C98H103F2N17O10. The number of ether oxygens (including phenoxy) is 9. The lowest BCUT2D eigenvalue weighted by atomic mass is 10.0. The molecule has 9 fully saturated rings. The summed E-state index contributed by atoms with van der Waals surface area (Å²) in [7, 11) is 5.17. The number of hydrogen-bond acceptors (Lipinski definition) is 24. The summed E-state index contributed by atoms with van der Waals surface area (Å²) >= 11 is 0. The SMILES string of the molecule is COc1cc(-c2cc3c(-c4ccc(N5CC[C@@H](O)C5)c(C#N)c4)nccc3[nH]2)ccc1N1CCN(C2COC2)CC1.COc1cc(-c2cc3c(-c4ccc(OC5CCNCC5(F)F)c(C#N)c4)nccc3[nH]2)ccc1N1CCN(C2COC2)CC1.COc1cc(-c2cc3c(-c4ccc(OC5CCOCC5)c(C#N)c4)nccc3[nH]2)ccc1N1CCN(C2COC2)CC1. The first-order valence-corrected chi connectivity index (χ1v) is 44.0. The highest BCUT2D eigenvalue weighted by molar-refractivity contribution is 5.99. The Morgan fingerprint density at radius 2 is 0.780 bits per heavy atom. The maximum atomic E-state index is 14.4. The molecule has 0 radical (unpaired) electrons. The molecule has 21 rings (SSSR count). The van der Waals surface area contributed by atoms with Crippen molar-refractivity contribution >= 4 is 55.5 Å². The minimum absolute atomic E-state index is 0.0703. The number of nitrogens with one attached hydrogen (secondary N) is 4. The molecule has 15 heterocycles. The Kier molecular flexibility index (Phi) is 24.7. The number of nitriles is 3. The average molecular weight is 1720 g/mol. The molecule has 9 saturated heterocycles. The van der Waals surface area contributed by atoms with E-state index in [1.807, 2.05) is 60.7 Å². The molecule has 1 unspecified atom stereocenters. The summed E-state index contributed by atoms with van der Waals surface area (Å²) in [5.41, 5.74) is 19.0. The predicted molar refractivity (Wildman–Crippen MR) is 484 cm³/mol. The van der Waals surface area contributed by atoms with Gasteiger partial charge in [0.05, 0.1) is 161 Å². The number of H-pyrrole nitrogens is 3. The van der Waals surface area contributed by atoms with Gasteiger partial charge in [0.25, 0.3) is 5.92 Å². The third kappa shape index (κ3) is 17.7. The molecule has 2 atom stereocenters. The van der Waals surface area contributed by atoms with Gasteiger partial charge in [-0.3, -0.25) is 29.7 Å². The van der Waals surface area contributed by atoms with Crippen LogP contribution >= 0.6 is 0 Å². The van der Waals surface area contributed by atoms with E-state index in [1.54, 1.807) is 58.1 Å². The summed E-state index contributed by atoms with van der Waals surface area (Å²) < 4.78 is 79.7. The second-order valence-electron chi connectivity index (χ2n) is 33.9. The molecule has 12 aromatic rings. The first-order valence-electron chi connectivity index (χ1n) is 44.0. The fourth-order valence-electron chi connectivity index (χ4n) is 18.8. The van der Waals surface area contributed by atoms with Crippen molar-refractivity contribution in [3.63, 3.8) is 0 Å². The number of hydrogen-bond donors (Lipinski definition) is 5. The van der Waals surface area contributed by atoms with Crippen LogP contribution in [0.5, 0.6) is 28.7 Å². The minimum Gasteiger partial charge on any atom is -0.495 e. The van der Waals surface area contributed by atoms with Gasteiger partial charge in [-0.15, -0.1) is 0 Å². The maximum Gasteiger partial charge on any atom is 0.296 e. The number of aliphatic hydroxyl groups excluding tert-OH is 1. The van der Waals surface area contributed by atoms with Crippen LogP contribution in [-0.2, 0) is 18.9 Å². The normalized spacial score (nSPS) is 19.7. The van der Waals surface area contributed by atoms with Gasteiger partial charge in [-0.25, -0.2) is 8.78 Å². The van der Waals surface area contributed by atoms with Crippen molar-refractivity contribution in [1.82, 2.24) is 49.9 Å². The topological polar surface area (TPSA) is 295 Å². The number of rotatable bonds is 20. The number of piperidine rings is 1. The van der Waals surface area contributed by atoms with Crippen LogP contribution in [0.15, 0.2) is 164 Å².